The molecular formula is C15H23N3O2. The van der Waals surface area contributed by atoms with E-state index in [0.29, 0.717) is 6.54 Å². The minimum atomic E-state index is -0.507. The number of hydrogen-bond donors (Lipinski definition) is 2. The Kier molecular flexibility index (Phi) is 6.18. The van der Waals surface area contributed by atoms with Crippen LogP contribution in [0.5, 0.6) is 0 Å². The van der Waals surface area contributed by atoms with Crippen molar-refractivity contribution in [3.63, 3.8) is 0 Å². The first-order valence-corrected chi connectivity index (χ1v) is 6.76. The lowest BCUT2D eigenvalue weighted by atomic mass is 10.0. The van der Waals surface area contributed by atoms with Crippen LogP contribution in [-0.4, -0.2) is 29.8 Å². The number of amides is 2. The summed E-state index contributed by atoms with van der Waals surface area (Å²) in [4.78, 5) is 24.8. The van der Waals surface area contributed by atoms with Gasteiger partial charge in [-0.3, -0.25) is 9.59 Å². The molecule has 0 aliphatic heterocycles. The normalized spacial score (nSPS) is 12.2. The van der Waals surface area contributed by atoms with Crippen molar-refractivity contribution < 1.29 is 9.59 Å². The van der Waals surface area contributed by atoms with Crippen LogP contribution in [0, 0.1) is 5.92 Å². The van der Waals surface area contributed by atoms with Crippen LogP contribution >= 0.6 is 0 Å². The molecule has 1 aromatic rings. The molecule has 0 aromatic heterocycles. The monoisotopic (exact) mass is 277 g/mol. The Labute approximate surface area is 119 Å². The number of primary amides is 1. The van der Waals surface area contributed by atoms with Gasteiger partial charge in [-0.15, -0.1) is 0 Å². The minimum Gasteiger partial charge on any atom is -0.368 e. The second-order valence-electron chi connectivity index (χ2n) is 5.36. The van der Waals surface area contributed by atoms with Crippen molar-refractivity contribution in [2.45, 2.75) is 26.3 Å². The SMILES string of the molecule is CC(C)CN(CC(N)=O)C(=O)CC(N)c1ccccc1. The fourth-order valence-electron chi connectivity index (χ4n) is 2.02. The predicted molar refractivity (Wildman–Crippen MR) is 78.6 cm³/mol. The van der Waals surface area contributed by atoms with Crippen LogP contribution in [0.25, 0.3) is 0 Å². The highest BCUT2D eigenvalue weighted by Crippen LogP contribution is 2.15. The zero-order chi connectivity index (χ0) is 15.1. The van der Waals surface area contributed by atoms with Crippen LogP contribution in [0.3, 0.4) is 0 Å². The fraction of sp³-hybridized carbons (Fsp3) is 0.467. The Hall–Kier alpha value is -1.88. The molecule has 20 heavy (non-hydrogen) atoms. The van der Waals surface area contributed by atoms with Gasteiger partial charge in [-0.1, -0.05) is 44.2 Å². The van der Waals surface area contributed by atoms with Crippen LogP contribution in [0.1, 0.15) is 31.9 Å². The van der Waals surface area contributed by atoms with Gasteiger partial charge >= 0.3 is 0 Å². The highest BCUT2D eigenvalue weighted by atomic mass is 16.2. The van der Waals surface area contributed by atoms with Crippen molar-refractivity contribution >= 4 is 11.8 Å². The van der Waals surface area contributed by atoms with Crippen LogP contribution in [0.4, 0.5) is 0 Å². The lowest BCUT2D eigenvalue weighted by Crippen LogP contribution is -2.41. The van der Waals surface area contributed by atoms with Gasteiger partial charge in [-0.05, 0) is 11.5 Å². The maximum Gasteiger partial charge on any atom is 0.237 e. The first kappa shape index (κ1) is 16.2. The second-order valence-corrected chi connectivity index (χ2v) is 5.36. The summed E-state index contributed by atoms with van der Waals surface area (Å²) in [6.45, 7) is 4.42. The molecule has 4 N–H and O–H groups in total. The fourth-order valence-corrected chi connectivity index (χ4v) is 2.02. The summed E-state index contributed by atoms with van der Waals surface area (Å²) in [5, 5.41) is 0. The van der Waals surface area contributed by atoms with Crippen LogP contribution < -0.4 is 11.5 Å². The third-order valence-corrected chi connectivity index (χ3v) is 2.91. The molecule has 1 unspecified atom stereocenters. The maximum atomic E-state index is 12.2. The number of benzene rings is 1. The van der Waals surface area contributed by atoms with Crippen LogP contribution in [-0.2, 0) is 9.59 Å². The van der Waals surface area contributed by atoms with E-state index >= 15 is 0 Å². The Morgan fingerprint density at radius 3 is 2.30 bits per heavy atom. The summed E-state index contributed by atoms with van der Waals surface area (Å²) in [5.74, 6) is -0.382. The van der Waals surface area contributed by atoms with E-state index in [1.807, 2.05) is 44.2 Å². The molecular weight excluding hydrogens is 254 g/mol. The lowest BCUT2D eigenvalue weighted by Gasteiger charge is -2.24. The van der Waals surface area contributed by atoms with Crippen LogP contribution in [0.15, 0.2) is 30.3 Å². The number of nitrogens with two attached hydrogens (primary N) is 2. The Morgan fingerprint density at radius 1 is 1.20 bits per heavy atom. The van der Waals surface area contributed by atoms with E-state index in [0.717, 1.165) is 5.56 Å². The predicted octanol–water partition coefficient (Wildman–Crippen LogP) is 1.05. The standard InChI is InChI=1S/C15H23N3O2/c1-11(2)9-18(10-14(17)19)15(20)8-13(16)12-6-4-3-5-7-12/h3-7,11,13H,8-10,16H2,1-2H3,(H2,17,19). The second kappa shape index (κ2) is 7.65. The van der Waals surface area contributed by atoms with Gasteiger partial charge < -0.3 is 16.4 Å². The molecule has 1 aromatic carbocycles. The van der Waals surface area contributed by atoms with E-state index in [1.54, 1.807) is 0 Å². The zero-order valence-electron chi connectivity index (χ0n) is 12.1. The molecule has 1 rings (SSSR count). The van der Waals surface area contributed by atoms with Gasteiger partial charge in [-0.2, -0.15) is 0 Å². The molecule has 5 nitrogen and oxygen atoms in total. The van der Waals surface area contributed by atoms with Gasteiger partial charge in [0, 0.05) is 19.0 Å². The van der Waals surface area contributed by atoms with Gasteiger partial charge in [0.05, 0.1) is 6.54 Å². The Morgan fingerprint density at radius 2 is 1.80 bits per heavy atom. The third-order valence-electron chi connectivity index (χ3n) is 2.91. The number of hydrogen-bond acceptors (Lipinski definition) is 3. The molecule has 0 aliphatic rings. The van der Waals surface area contributed by atoms with Gasteiger partial charge in [0.1, 0.15) is 0 Å². The molecule has 1 atom stereocenters. The summed E-state index contributed by atoms with van der Waals surface area (Å²) in [7, 11) is 0. The first-order valence-electron chi connectivity index (χ1n) is 6.76. The maximum absolute atomic E-state index is 12.2. The van der Waals surface area contributed by atoms with E-state index in [9.17, 15) is 9.59 Å². The molecule has 0 spiro atoms. The smallest absolute Gasteiger partial charge is 0.237 e. The summed E-state index contributed by atoms with van der Waals surface area (Å²) in [5.41, 5.74) is 12.1. The topological polar surface area (TPSA) is 89.4 Å². The molecule has 0 aliphatic carbocycles. The molecule has 0 saturated carbocycles. The first-order chi connectivity index (χ1) is 9.40. The molecule has 0 heterocycles. The van der Waals surface area contributed by atoms with E-state index in [4.69, 9.17) is 11.5 Å². The summed E-state index contributed by atoms with van der Waals surface area (Å²) in [6, 6.07) is 9.07. The third kappa shape index (κ3) is 5.40. The molecule has 0 bridgehead atoms. The van der Waals surface area contributed by atoms with E-state index in [1.165, 1.54) is 4.90 Å². The number of nitrogens with zero attached hydrogens (tertiary/aromatic N) is 1. The van der Waals surface area contributed by atoms with Crippen molar-refractivity contribution in [3.05, 3.63) is 35.9 Å². The van der Waals surface area contributed by atoms with Gasteiger partial charge in [0.25, 0.3) is 0 Å². The highest BCUT2D eigenvalue weighted by molar-refractivity contribution is 5.84. The summed E-state index contributed by atoms with van der Waals surface area (Å²) in [6.07, 6.45) is 0.171. The minimum absolute atomic E-state index is 0.0570. The van der Waals surface area contributed by atoms with Crippen molar-refractivity contribution in [1.29, 1.82) is 0 Å². The van der Waals surface area contributed by atoms with Gasteiger partial charge in [0.15, 0.2) is 0 Å². The lowest BCUT2D eigenvalue weighted by molar-refractivity contribution is -0.136. The quantitative estimate of drug-likeness (QED) is 0.780. The van der Waals surface area contributed by atoms with E-state index < -0.39 is 5.91 Å². The van der Waals surface area contributed by atoms with Crippen molar-refractivity contribution in [2.75, 3.05) is 13.1 Å². The molecule has 0 fully saturated rings. The average molecular weight is 277 g/mol. The molecule has 110 valence electrons. The average Bonchev–Trinajstić information content (AvgIpc) is 2.37. The number of carbonyl (C=O) groups excluding carboxylic acids is 2. The van der Waals surface area contributed by atoms with Crippen molar-refractivity contribution in [1.82, 2.24) is 4.90 Å². The van der Waals surface area contributed by atoms with Crippen LogP contribution in [0.2, 0.25) is 0 Å². The number of carbonyl (C=O) groups is 2. The highest BCUT2D eigenvalue weighted by Gasteiger charge is 2.20. The van der Waals surface area contributed by atoms with E-state index in [-0.39, 0.29) is 30.8 Å². The number of rotatable bonds is 7. The largest absolute Gasteiger partial charge is 0.368 e. The summed E-state index contributed by atoms with van der Waals surface area (Å²) < 4.78 is 0. The Bertz CT molecular complexity index is 446. The Balaban J connectivity index is 2.67. The van der Waals surface area contributed by atoms with Crippen molar-refractivity contribution in [2.24, 2.45) is 17.4 Å². The van der Waals surface area contributed by atoms with E-state index in [2.05, 4.69) is 0 Å². The molecule has 0 radical (unpaired) electrons. The molecule has 0 saturated heterocycles. The molecule has 2 amide bonds. The van der Waals surface area contributed by atoms with Gasteiger partial charge in [0.2, 0.25) is 11.8 Å². The zero-order valence-corrected chi connectivity index (χ0v) is 12.1. The van der Waals surface area contributed by atoms with Crippen molar-refractivity contribution in [3.8, 4) is 0 Å². The van der Waals surface area contributed by atoms with Gasteiger partial charge in [-0.25, -0.2) is 0 Å². The molecule has 5 heteroatoms. The summed E-state index contributed by atoms with van der Waals surface area (Å²) >= 11 is 0.